The van der Waals surface area contributed by atoms with E-state index >= 15 is 0 Å². The Morgan fingerprint density at radius 3 is 2.82 bits per heavy atom. The predicted molar refractivity (Wildman–Crippen MR) is 70.0 cm³/mol. The van der Waals surface area contributed by atoms with E-state index in [1.807, 2.05) is 36.9 Å². The quantitative estimate of drug-likeness (QED) is 0.865. The lowest BCUT2D eigenvalue weighted by Crippen LogP contribution is -2.35. The molecule has 1 aliphatic heterocycles. The monoisotopic (exact) mass is 232 g/mol. The average Bonchev–Trinajstić information content (AvgIpc) is 2.72. The molecule has 92 valence electrons. The maximum Gasteiger partial charge on any atom is 0.227 e. The van der Waals surface area contributed by atoms with Crippen molar-refractivity contribution in [3.05, 3.63) is 29.8 Å². The molecule has 1 aliphatic rings. The van der Waals surface area contributed by atoms with Gasteiger partial charge in [-0.05, 0) is 30.0 Å². The van der Waals surface area contributed by atoms with Crippen LogP contribution in [0, 0.1) is 5.41 Å². The first-order valence-corrected chi connectivity index (χ1v) is 6.12. The van der Waals surface area contributed by atoms with Gasteiger partial charge in [0.25, 0.3) is 0 Å². The van der Waals surface area contributed by atoms with E-state index in [1.165, 1.54) is 5.56 Å². The van der Waals surface area contributed by atoms with Gasteiger partial charge in [-0.15, -0.1) is 0 Å². The van der Waals surface area contributed by atoms with Gasteiger partial charge in [0.2, 0.25) is 5.91 Å². The van der Waals surface area contributed by atoms with Gasteiger partial charge in [-0.1, -0.05) is 32.0 Å². The third kappa shape index (κ3) is 2.50. The van der Waals surface area contributed by atoms with Gasteiger partial charge in [-0.25, -0.2) is 0 Å². The number of carbonyl (C=O) groups excluding carboxylic acids is 1. The largest absolute Gasteiger partial charge is 0.330 e. The van der Waals surface area contributed by atoms with Crippen molar-refractivity contribution in [2.45, 2.75) is 26.7 Å². The highest BCUT2D eigenvalue weighted by atomic mass is 16.2. The van der Waals surface area contributed by atoms with E-state index in [1.54, 1.807) is 0 Å². The highest BCUT2D eigenvalue weighted by molar-refractivity contribution is 5.95. The molecule has 0 aliphatic carbocycles. The molecular formula is C14H20N2O. The van der Waals surface area contributed by atoms with Crippen molar-refractivity contribution in [1.29, 1.82) is 0 Å². The summed E-state index contributed by atoms with van der Waals surface area (Å²) >= 11 is 0. The van der Waals surface area contributed by atoms with Crippen LogP contribution < -0.4 is 10.6 Å². The van der Waals surface area contributed by atoms with Crippen LogP contribution in [-0.4, -0.2) is 19.0 Å². The van der Waals surface area contributed by atoms with Crippen LogP contribution in [0.25, 0.3) is 0 Å². The van der Waals surface area contributed by atoms with Gasteiger partial charge in [0, 0.05) is 18.7 Å². The lowest BCUT2D eigenvalue weighted by molar-refractivity contribution is -0.120. The number of hydrogen-bond donors (Lipinski definition) is 1. The first-order valence-electron chi connectivity index (χ1n) is 6.12. The lowest BCUT2D eigenvalue weighted by atomic mass is 9.89. The van der Waals surface area contributed by atoms with E-state index in [9.17, 15) is 4.79 Å². The van der Waals surface area contributed by atoms with E-state index < -0.39 is 0 Å². The molecule has 0 saturated carbocycles. The number of hydrogen-bond acceptors (Lipinski definition) is 2. The number of fused-ring (bicyclic) bond motifs is 1. The highest BCUT2D eigenvalue weighted by Gasteiger charge is 2.28. The molecule has 1 aromatic rings. The molecule has 1 heterocycles. The molecule has 3 nitrogen and oxygen atoms in total. The van der Waals surface area contributed by atoms with Crippen LogP contribution in [0.1, 0.15) is 25.8 Å². The summed E-state index contributed by atoms with van der Waals surface area (Å²) in [5.41, 5.74) is 7.90. The van der Waals surface area contributed by atoms with Crippen LogP contribution in [0.15, 0.2) is 24.3 Å². The van der Waals surface area contributed by atoms with E-state index in [0.717, 1.165) is 18.7 Å². The molecule has 0 atom stereocenters. The van der Waals surface area contributed by atoms with Crippen LogP contribution in [0.4, 0.5) is 5.69 Å². The van der Waals surface area contributed by atoms with Gasteiger partial charge in [0.05, 0.1) is 0 Å². The standard InChI is InChI=1S/C14H20N2O/c1-14(2,10-15)9-13(17)16-8-7-11-5-3-4-6-12(11)16/h3-6H,7-10,15H2,1-2H3. The van der Waals surface area contributed by atoms with Crippen LogP contribution in [-0.2, 0) is 11.2 Å². The van der Waals surface area contributed by atoms with E-state index in [-0.39, 0.29) is 11.3 Å². The fourth-order valence-electron chi connectivity index (χ4n) is 2.17. The van der Waals surface area contributed by atoms with Gasteiger partial charge in [0.1, 0.15) is 0 Å². The Morgan fingerprint density at radius 1 is 1.41 bits per heavy atom. The van der Waals surface area contributed by atoms with E-state index in [4.69, 9.17) is 5.73 Å². The third-order valence-electron chi connectivity index (χ3n) is 3.37. The molecule has 0 bridgehead atoms. The van der Waals surface area contributed by atoms with Crippen molar-refractivity contribution < 1.29 is 4.79 Å². The Labute approximate surface area is 103 Å². The summed E-state index contributed by atoms with van der Waals surface area (Å²) in [6, 6.07) is 8.13. The minimum absolute atomic E-state index is 0.116. The van der Waals surface area contributed by atoms with Gasteiger partial charge in [-0.3, -0.25) is 4.79 Å². The maximum atomic E-state index is 12.3. The summed E-state index contributed by atoms with van der Waals surface area (Å²) in [4.78, 5) is 14.1. The van der Waals surface area contributed by atoms with Crippen LogP contribution in [0.3, 0.4) is 0 Å². The van der Waals surface area contributed by atoms with Gasteiger partial charge < -0.3 is 10.6 Å². The maximum absolute atomic E-state index is 12.3. The van der Waals surface area contributed by atoms with Crippen molar-refractivity contribution in [2.75, 3.05) is 18.0 Å². The van der Waals surface area contributed by atoms with Crippen molar-refractivity contribution in [2.24, 2.45) is 11.1 Å². The molecule has 2 rings (SSSR count). The van der Waals surface area contributed by atoms with Gasteiger partial charge in [-0.2, -0.15) is 0 Å². The molecule has 0 saturated heterocycles. The van der Waals surface area contributed by atoms with Crippen LogP contribution >= 0.6 is 0 Å². The van der Waals surface area contributed by atoms with Gasteiger partial charge >= 0.3 is 0 Å². The topological polar surface area (TPSA) is 46.3 Å². The first-order chi connectivity index (χ1) is 8.03. The first kappa shape index (κ1) is 12.1. The number of nitrogens with zero attached hydrogens (tertiary/aromatic N) is 1. The second-order valence-electron chi connectivity index (χ2n) is 5.47. The molecule has 0 spiro atoms. The fourth-order valence-corrected chi connectivity index (χ4v) is 2.17. The zero-order valence-electron chi connectivity index (χ0n) is 10.6. The Bertz CT molecular complexity index is 426. The third-order valence-corrected chi connectivity index (χ3v) is 3.37. The molecule has 0 aromatic heterocycles. The molecule has 17 heavy (non-hydrogen) atoms. The molecule has 2 N–H and O–H groups in total. The molecule has 1 aromatic carbocycles. The summed E-state index contributed by atoms with van der Waals surface area (Å²) in [5, 5.41) is 0. The number of benzene rings is 1. The van der Waals surface area contributed by atoms with Crippen molar-refractivity contribution >= 4 is 11.6 Å². The molecule has 0 unspecified atom stereocenters. The summed E-state index contributed by atoms with van der Waals surface area (Å²) in [6.45, 7) is 5.41. The fraction of sp³-hybridized carbons (Fsp3) is 0.500. The van der Waals surface area contributed by atoms with E-state index in [2.05, 4.69) is 6.07 Å². The summed E-state index contributed by atoms with van der Waals surface area (Å²) in [6.07, 6.45) is 1.48. The molecule has 0 fully saturated rings. The Balaban J connectivity index is 2.13. The SMILES string of the molecule is CC(C)(CN)CC(=O)N1CCc2ccccc21. The minimum atomic E-state index is -0.116. The molecular weight excluding hydrogens is 212 g/mol. The zero-order chi connectivity index (χ0) is 12.5. The molecule has 3 heteroatoms. The summed E-state index contributed by atoms with van der Waals surface area (Å²) < 4.78 is 0. The van der Waals surface area contributed by atoms with Crippen LogP contribution in [0.5, 0.6) is 0 Å². The zero-order valence-corrected chi connectivity index (χ0v) is 10.6. The number of anilines is 1. The minimum Gasteiger partial charge on any atom is -0.330 e. The van der Waals surface area contributed by atoms with Crippen molar-refractivity contribution in [1.82, 2.24) is 0 Å². The number of amides is 1. The second-order valence-corrected chi connectivity index (χ2v) is 5.47. The Hall–Kier alpha value is -1.35. The number of rotatable bonds is 3. The predicted octanol–water partition coefficient (Wildman–Crippen LogP) is 1.95. The van der Waals surface area contributed by atoms with Crippen LogP contribution in [0.2, 0.25) is 0 Å². The van der Waals surface area contributed by atoms with E-state index in [0.29, 0.717) is 13.0 Å². The molecule has 1 amide bonds. The number of para-hydroxylation sites is 1. The Kier molecular flexibility index (Phi) is 3.20. The van der Waals surface area contributed by atoms with Crippen molar-refractivity contribution in [3.63, 3.8) is 0 Å². The summed E-state index contributed by atoms with van der Waals surface area (Å²) in [7, 11) is 0. The second kappa shape index (κ2) is 4.49. The number of carbonyl (C=O) groups is 1. The Morgan fingerprint density at radius 2 is 2.12 bits per heavy atom. The van der Waals surface area contributed by atoms with Crippen molar-refractivity contribution in [3.8, 4) is 0 Å². The lowest BCUT2D eigenvalue weighted by Gasteiger charge is -2.25. The smallest absolute Gasteiger partial charge is 0.227 e. The molecule has 0 radical (unpaired) electrons. The van der Waals surface area contributed by atoms with Gasteiger partial charge in [0.15, 0.2) is 0 Å². The normalized spacial score (nSPS) is 14.9. The number of nitrogens with two attached hydrogens (primary N) is 1. The average molecular weight is 232 g/mol. The highest BCUT2D eigenvalue weighted by Crippen LogP contribution is 2.30. The summed E-state index contributed by atoms with van der Waals surface area (Å²) in [5.74, 6) is 0.186.